The maximum absolute atomic E-state index is 12.9. The lowest BCUT2D eigenvalue weighted by atomic mass is 10.1. The van der Waals surface area contributed by atoms with Crippen LogP contribution in [0.2, 0.25) is 0 Å². The molecule has 2 heterocycles. The van der Waals surface area contributed by atoms with Crippen LogP contribution >= 0.6 is 0 Å². The van der Waals surface area contributed by atoms with E-state index in [9.17, 15) is 22.8 Å². The number of hydrogen-bond donors (Lipinski definition) is 0. The summed E-state index contributed by atoms with van der Waals surface area (Å²) in [5, 5.41) is 0. The molecule has 2 amide bonds. The maximum atomic E-state index is 12.9. The quantitative estimate of drug-likeness (QED) is 0.805. The molecule has 2 aromatic carbocycles. The molecule has 27 heavy (non-hydrogen) atoms. The lowest BCUT2D eigenvalue weighted by molar-refractivity contribution is -0.137. The van der Waals surface area contributed by atoms with Crippen LogP contribution in [0, 0.1) is 5.92 Å². The molecule has 0 unspecified atom stereocenters. The topological polar surface area (TPSA) is 40.6 Å². The van der Waals surface area contributed by atoms with Crippen LogP contribution in [0.25, 0.3) is 0 Å². The molecule has 0 aliphatic carbocycles. The van der Waals surface area contributed by atoms with Crippen LogP contribution in [0.1, 0.15) is 17.5 Å². The highest BCUT2D eigenvalue weighted by Crippen LogP contribution is 2.35. The van der Waals surface area contributed by atoms with Crippen molar-refractivity contribution in [1.82, 2.24) is 0 Å². The number of fused-ring (bicyclic) bond motifs is 1. The highest BCUT2D eigenvalue weighted by atomic mass is 19.4. The Labute approximate surface area is 154 Å². The maximum Gasteiger partial charge on any atom is 0.416 e. The Kier molecular flexibility index (Phi) is 4.17. The summed E-state index contributed by atoms with van der Waals surface area (Å²) in [7, 11) is 0. The van der Waals surface area contributed by atoms with Crippen molar-refractivity contribution < 1.29 is 22.8 Å². The molecule has 0 N–H and O–H groups in total. The number of amides is 2. The van der Waals surface area contributed by atoms with E-state index in [4.69, 9.17) is 0 Å². The van der Waals surface area contributed by atoms with Crippen molar-refractivity contribution in [3.05, 3.63) is 59.7 Å². The first-order valence-electron chi connectivity index (χ1n) is 8.71. The highest BCUT2D eigenvalue weighted by molar-refractivity contribution is 6.05. The first-order valence-corrected chi connectivity index (χ1v) is 8.71. The summed E-state index contributed by atoms with van der Waals surface area (Å²) in [6, 6.07) is 12.3. The second-order valence-electron chi connectivity index (χ2n) is 6.82. The van der Waals surface area contributed by atoms with Gasteiger partial charge in [-0.15, -0.1) is 0 Å². The number of para-hydroxylation sites is 1. The van der Waals surface area contributed by atoms with Crippen molar-refractivity contribution in [2.75, 3.05) is 22.9 Å². The van der Waals surface area contributed by atoms with E-state index in [1.165, 1.54) is 17.0 Å². The van der Waals surface area contributed by atoms with Crippen LogP contribution < -0.4 is 9.80 Å². The molecule has 2 aliphatic rings. The van der Waals surface area contributed by atoms with Gasteiger partial charge in [-0.3, -0.25) is 9.59 Å². The van der Waals surface area contributed by atoms with Crippen molar-refractivity contribution in [3.63, 3.8) is 0 Å². The van der Waals surface area contributed by atoms with Gasteiger partial charge in [-0.1, -0.05) is 24.3 Å². The third-order valence-corrected chi connectivity index (χ3v) is 5.11. The monoisotopic (exact) mass is 374 g/mol. The minimum atomic E-state index is -4.48. The van der Waals surface area contributed by atoms with E-state index in [2.05, 4.69) is 0 Å². The molecular weight excluding hydrogens is 357 g/mol. The van der Waals surface area contributed by atoms with Gasteiger partial charge in [0.15, 0.2) is 0 Å². The molecule has 0 radical (unpaired) electrons. The van der Waals surface area contributed by atoms with Crippen LogP contribution in [0.3, 0.4) is 0 Å². The van der Waals surface area contributed by atoms with E-state index < -0.39 is 17.7 Å². The molecule has 2 aromatic rings. The Hall–Kier alpha value is -2.83. The van der Waals surface area contributed by atoms with Crippen LogP contribution in [-0.4, -0.2) is 24.9 Å². The van der Waals surface area contributed by atoms with E-state index in [-0.39, 0.29) is 30.5 Å². The number of carbonyl (C=O) groups excluding carboxylic acids is 2. The van der Waals surface area contributed by atoms with Crippen molar-refractivity contribution in [1.29, 1.82) is 0 Å². The van der Waals surface area contributed by atoms with E-state index >= 15 is 0 Å². The van der Waals surface area contributed by atoms with E-state index in [1.807, 2.05) is 24.3 Å². The van der Waals surface area contributed by atoms with Gasteiger partial charge in [0, 0.05) is 30.9 Å². The summed E-state index contributed by atoms with van der Waals surface area (Å²) in [6.07, 6.45) is -3.71. The van der Waals surface area contributed by atoms with Gasteiger partial charge in [0.2, 0.25) is 11.8 Å². The number of hydrogen-bond acceptors (Lipinski definition) is 2. The number of benzene rings is 2. The summed E-state index contributed by atoms with van der Waals surface area (Å²) in [6.45, 7) is 0.657. The Morgan fingerprint density at radius 2 is 1.85 bits per heavy atom. The predicted octanol–water partition coefficient (Wildman–Crippen LogP) is 3.65. The molecule has 4 nitrogen and oxygen atoms in total. The number of anilines is 2. The zero-order chi connectivity index (χ0) is 19.2. The molecule has 4 rings (SSSR count). The van der Waals surface area contributed by atoms with Gasteiger partial charge in [-0.05, 0) is 36.2 Å². The summed E-state index contributed by atoms with van der Waals surface area (Å²) in [5.74, 6) is -1.04. The predicted molar refractivity (Wildman–Crippen MR) is 94.4 cm³/mol. The highest BCUT2D eigenvalue weighted by Gasteiger charge is 2.39. The molecule has 0 spiro atoms. The molecule has 0 aromatic heterocycles. The zero-order valence-electron chi connectivity index (χ0n) is 14.4. The van der Waals surface area contributed by atoms with Crippen molar-refractivity contribution in [2.24, 2.45) is 5.92 Å². The lowest BCUT2D eigenvalue weighted by Crippen LogP contribution is -2.36. The largest absolute Gasteiger partial charge is 0.416 e. The summed E-state index contributed by atoms with van der Waals surface area (Å²) >= 11 is 0. The van der Waals surface area contributed by atoms with E-state index in [1.54, 1.807) is 4.90 Å². The lowest BCUT2D eigenvalue weighted by Gasteiger charge is -2.22. The Morgan fingerprint density at radius 3 is 2.63 bits per heavy atom. The Morgan fingerprint density at radius 1 is 1.07 bits per heavy atom. The number of carbonyl (C=O) groups is 2. The van der Waals surface area contributed by atoms with Gasteiger partial charge in [0.05, 0.1) is 11.5 Å². The number of alkyl halides is 3. The second-order valence-corrected chi connectivity index (χ2v) is 6.82. The molecule has 0 saturated carbocycles. The van der Waals surface area contributed by atoms with Gasteiger partial charge < -0.3 is 9.80 Å². The Bertz CT molecular complexity index is 910. The fraction of sp³-hybridized carbons (Fsp3) is 0.300. The standard InChI is InChI=1S/C20H17F3N2O2/c21-20(22,23)15-5-3-6-16(11-15)25-12-14(10-18(25)26)19(27)24-9-8-13-4-1-2-7-17(13)24/h1-7,11,14H,8-10,12H2/t14-/m0/s1. The Balaban J connectivity index is 1.54. The van der Waals surface area contributed by atoms with Gasteiger partial charge in [0.25, 0.3) is 0 Å². The molecule has 1 saturated heterocycles. The van der Waals surface area contributed by atoms with Crippen LogP contribution in [-0.2, 0) is 22.2 Å². The fourth-order valence-electron chi connectivity index (χ4n) is 3.76. The van der Waals surface area contributed by atoms with Gasteiger partial charge >= 0.3 is 6.18 Å². The van der Waals surface area contributed by atoms with Crippen molar-refractivity contribution in [2.45, 2.75) is 19.0 Å². The van der Waals surface area contributed by atoms with E-state index in [0.29, 0.717) is 6.54 Å². The smallest absolute Gasteiger partial charge is 0.312 e. The van der Waals surface area contributed by atoms with Gasteiger partial charge in [0.1, 0.15) is 0 Å². The first-order chi connectivity index (χ1) is 12.8. The van der Waals surface area contributed by atoms with Crippen LogP contribution in [0.4, 0.5) is 24.5 Å². The number of rotatable bonds is 2. The third-order valence-electron chi connectivity index (χ3n) is 5.11. The fourth-order valence-corrected chi connectivity index (χ4v) is 3.76. The average Bonchev–Trinajstić information content (AvgIpc) is 3.24. The van der Waals surface area contributed by atoms with Gasteiger partial charge in [-0.2, -0.15) is 13.2 Å². The molecule has 7 heteroatoms. The minimum absolute atomic E-state index is 0.00768. The van der Waals surface area contributed by atoms with Crippen molar-refractivity contribution in [3.8, 4) is 0 Å². The third kappa shape index (κ3) is 3.18. The zero-order valence-corrected chi connectivity index (χ0v) is 14.4. The molecular formula is C20H17F3N2O2. The SMILES string of the molecule is O=C1C[C@H](C(=O)N2CCc3ccccc32)CN1c1cccc(C(F)(F)F)c1. The summed E-state index contributed by atoms with van der Waals surface area (Å²) in [5.41, 5.74) is 1.31. The molecule has 1 atom stereocenters. The average molecular weight is 374 g/mol. The molecule has 140 valence electrons. The minimum Gasteiger partial charge on any atom is -0.312 e. The van der Waals surface area contributed by atoms with Crippen molar-refractivity contribution >= 4 is 23.2 Å². The summed E-state index contributed by atoms with van der Waals surface area (Å²) < 4.78 is 38.8. The molecule has 1 fully saturated rings. The molecule has 0 bridgehead atoms. The van der Waals surface area contributed by atoms with Crippen LogP contribution in [0.15, 0.2) is 48.5 Å². The first kappa shape index (κ1) is 17.6. The van der Waals surface area contributed by atoms with Crippen LogP contribution in [0.5, 0.6) is 0 Å². The number of nitrogens with zero attached hydrogens (tertiary/aromatic N) is 2. The second kappa shape index (κ2) is 6.40. The van der Waals surface area contributed by atoms with E-state index in [0.717, 1.165) is 29.8 Å². The number of halogens is 3. The molecule has 2 aliphatic heterocycles. The normalized spacial score (nSPS) is 19.5. The summed E-state index contributed by atoms with van der Waals surface area (Å²) in [4.78, 5) is 28.3. The van der Waals surface area contributed by atoms with Gasteiger partial charge in [-0.25, -0.2) is 0 Å².